The number of nitrogens with one attached hydrogen (secondary N) is 1. The molecular weight excluding hydrogens is 384 g/mol. The van der Waals surface area contributed by atoms with Crippen LogP contribution in [0.5, 0.6) is 0 Å². The second-order valence-electron chi connectivity index (χ2n) is 4.60. The predicted octanol–water partition coefficient (Wildman–Crippen LogP) is 2.00. The predicted molar refractivity (Wildman–Crippen MR) is 90.2 cm³/mol. The summed E-state index contributed by atoms with van der Waals surface area (Å²) in [6, 6.07) is 6.78. The van der Waals surface area contributed by atoms with Crippen molar-refractivity contribution in [1.29, 1.82) is 0 Å². The van der Waals surface area contributed by atoms with E-state index < -0.39 is 5.91 Å². The van der Waals surface area contributed by atoms with E-state index in [0.29, 0.717) is 5.56 Å². The van der Waals surface area contributed by atoms with E-state index in [0.717, 1.165) is 27.2 Å². The minimum atomic E-state index is -0.456. The number of hydrogen-bond donors (Lipinski definition) is 1. The first kappa shape index (κ1) is 17.4. The van der Waals surface area contributed by atoms with E-state index in [9.17, 15) is 19.2 Å². The van der Waals surface area contributed by atoms with Crippen LogP contribution >= 0.6 is 27.7 Å². The summed E-state index contributed by atoms with van der Waals surface area (Å²) in [5.74, 6) is -0.847. The Morgan fingerprint density at radius 3 is 2.52 bits per heavy atom. The molecule has 1 saturated heterocycles. The van der Waals surface area contributed by atoms with Gasteiger partial charge in [-0.15, -0.1) is 0 Å². The molecule has 1 N–H and O–H groups in total. The molecule has 0 atom stereocenters. The summed E-state index contributed by atoms with van der Waals surface area (Å²) in [5, 5.41) is 2.23. The van der Waals surface area contributed by atoms with E-state index in [1.165, 1.54) is 6.08 Å². The maximum Gasteiger partial charge on any atom is 0.288 e. The van der Waals surface area contributed by atoms with Crippen molar-refractivity contribution >= 4 is 50.5 Å². The van der Waals surface area contributed by atoms with Crippen molar-refractivity contribution in [3.05, 3.63) is 46.5 Å². The van der Waals surface area contributed by atoms with E-state index in [2.05, 4.69) is 21.2 Å². The molecule has 0 unspecified atom stereocenters. The summed E-state index contributed by atoms with van der Waals surface area (Å²) >= 11 is 4.22. The molecule has 0 radical (unpaired) electrons. The summed E-state index contributed by atoms with van der Waals surface area (Å²) in [4.78, 5) is 47.3. The lowest BCUT2D eigenvalue weighted by molar-refractivity contribution is -0.125. The second kappa shape index (κ2) is 8.07. The van der Waals surface area contributed by atoms with Crippen LogP contribution in [0.15, 0.2) is 40.9 Å². The first-order valence-corrected chi connectivity index (χ1v) is 8.48. The number of thioether (sulfide) groups is 1. The summed E-state index contributed by atoms with van der Waals surface area (Å²) in [6.07, 6.45) is 2.31. The van der Waals surface area contributed by atoms with E-state index in [-0.39, 0.29) is 35.8 Å². The molecule has 1 aromatic carbocycles. The van der Waals surface area contributed by atoms with Gasteiger partial charge in [0.2, 0.25) is 11.8 Å². The molecule has 1 aliphatic heterocycles. The summed E-state index contributed by atoms with van der Waals surface area (Å²) < 4.78 is 0.861. The van der Waals surface area contributed by atoms with E-state index in [4.69, 9.17) is 0 Å². The molecule has 0 saturated carbocycles. The van der Waals surface area contributed by atoms with Crippen LogP contribution < -0.4 is 5.32 Å². The average Bonchev–Trinajstić information content (AvgIpc) is 2.85. The number of rotatable bonds is 6. The zero-order chi connectivity index (χ0) is 16.8. The number of carbonyl (C=O) groups is 4. The van der Waals surface area contributed by atoms with Gasteiger partial charge in [-0.1, -0.05) is 27.7 Å². The Kier molecular flexibility index (Phi) is 6.12. The molecule has 23 heavy (non-hydrogen) atoms. The number of halogens is 1. The van der Waals surface area contributed by atoms with Gasteiger partial charge in [0.15, 0.2) is 5.78 Å². The average molecular weight is 397 g/mol. The van der Waals surface area contributed by atoms with Crippen molar-refractivity contribution in [2.24, 2.45) is 0 Å². The Labute approximate surface area is 145 Å². The standard InChI is InChI=1S/C15H13BrN2O4S/c16-11-3-1-10(2-4-11)12(19)5-6-13(20)17-7-8-18-14(21)9-23-15(18)22/h1-6H,7-9H2,(H,17,20)/b6-5+. The molecule has 120 valence electrons. The molecule has 6 nitrogen and oxygen atoms in total. The molecule has 1 aromatic rings. The molecule has 1 heterocycles. The molecule has 3 amide bonds. The minimum absolute atomic E-state index is 0.130. The van der Waals surface area contributed by atoms with Gasteiger partial charge in [0.1, 0.15) is 0 Å². The molecule has 1 fully saturated rings. The van der Waals surface area contributed by atoms with Gasteiger partial charge < -0.3 is 5.32 Å². The van der Waals surface area contributed by atoms with Crippen molar-refractivity contribution in [2.45, 2.75) is 0 Å². The van der Waals surface area contributed by atoms with Crippen molar-refractivity contribution in [3.63, 3.8) is 0 Å². The topological polar surface area (TPSA) is 83.6 Å². The fourth-order valence-electron chi connectivity index (χ4n) is 1.81. The van der Waals surface area contributed by atoms with Crippen LogP contribution in [0.3, 0.4) is 0 Å². The molecule has 0 aliphatic carbocycles. The van der Waals surface area contributed by atoms with Crippen LogP contribution in [0.2, 0.25) is 0 Å². The zero-order valence-corrected chi connectivity index (χ0v) is 14.4. The normalized spacial score (nSPS) is 14.6. The maximum absolute atomic E-state index is 11.8. The third-order valence-corrected chi connectivity index (χ3v) is 4.38. The fraction of sp³-hybridized carbons (Fsp3) is 0.200. The highest BCUT2D eigenvalue weighted by Gasteiger charge is 2.29. The molecule has 1 aliphatic rings. The summed E-state index contributed by atoms with van der Waals surface area (Å²) in [7, 11) is 0. The number of carbonyl (C=O) groups excluding carboxylic acids is 4. The third kappa shape index (κ3) is 5.04. The molecule has 0 bridgehead atoms. The molecule has 0 aromatic heterocycles. The Bertz CT molecular complexity index is 657. The zero-order valence-electron chi connectivity index (χ0n) is 12.0. The Balaban J connectivity index is 1.78. The van der Waals surface area contributed by atoms with Crippen LogP contribution in [0.25, 0.3) is 0 Å². The van der Waals surface area contributed by atoms with E-state index >= 15 is 0 Å². The van der Waals surface area contributed by atoms with Gasteiger partial charge in [0.05, 0.1) is 5.75 Å². The number of hydrogen-bond acceptors (Lipinski definition) is 5. The lowest BCUT2D eigenvalue weighted by Crippen LogP contribution is -2.37. The highest BCUT2D eigenvalue weighted by molar-refractivity contribution is 9.10. The number of ketones is 1. The van der Waals surface area contributed by atoms with Crippen LogP contribution in [0.4, 0.5) is 4.79 Å². The minimum Gasteiger partial charge on any atom is -0.351 e. The Morgan fingerprint density at radius 2 is 1.91 bits per heavy atom. The van der Waals surface area contributed by atoms with Crippen molar-refractivity contribution in [1.82, 2.24) is 10.2 Å². The van der Waals surface area contributed by atoms with Crippen LogP contribution in [0, 0.1) is 0 Å². The highest BCUT2D eigenvalue weighted by Crippen LogP contribution is 2.17. The van der Waals surface area contributed by atoms with Gasteiger partial charge >= 0.3 is 0 Å². The Hall–Kier alpha value is -1.93. The first-order valence-electron chi connectivity index (χ1n) is 6.70. The van der Waals surface area contributed by atoms with Crippen molar-refractivity contribution in [3.8, 4) is 0 Å². The lowest BCUT2D eigenvalue weighted by atomic mass is 10.1. The number of allylic oxidation sites excluding steroid dienone is 1. The number of nitrogens with zero attached hydrogens (tertiary/aromatic N) is 1. The van der Waals surface area contributed by atoms with Gasteiger partial charge in [0, 0.05) is 29.2 Å². The first-order chi connectivity index (χ1) is 11.0. The van der Waals surface area contributed by atoms with Gasteiger partial charge in [-0.3, -0.25) is 24.1 Å². The lowest BCUT2D eigenvalue weighted by Gasteiger charge is -2.12. The van der Waals surface area contributed by atoms with Crippen LogP contribution in [-0.4, -0.2) is 46.6 Å². The van der Waals surface area contributed by atoms with E-state index in [1.54, 1.807) is 24.3 Å². The SMILES string of the molecule is O=C(/C=C/C(=O)c1ccc(Br)cc1)NCCN1C(=O)CSC1=O. The molecule has 0 spiro atoms. The quantitative estimate of drug-likeness (QED) is 0.587. The molecule has 2 rings (SSSR count). The van der Waals surface area contributed by atoms with Crippen LogP contribution in [-0.2, 0) is 9.59 Å². The third-order valence-electron chi connectivity index (χ3n) is 2.99. The van der Waals surface area contributed by atoms with Gasteiger partial charge in [0.25, 0.3) is 5.24 Å². The highest BCUT2D eigenvalue weighted by atomic mass is 79.9. The van der Waals surface area contributed by atoms with Gasteiger partial charge in [-0.2, -0.15) is 0 Å². The second-order valence-corrected chi connectivity index (χ2v) is 6.44. The van der Waals surface area contributed by atoms with Crippen LogP contribution in [0.1, 0.15) is 10.4 Å². The van der Waals surface area contributed by atoms with Crippen molar-refractivity contribution < 1.29 is 19.2 Å². The van der Waals surface area contributed by atoms with Crippen molar-refractivity contribution in [2.75, 3.05) is 18.8 Å². The van der Waals surface area contributed by atoms with Gasteiger partial charge in [-0.25, -0.2) is 0 Å². The number of amides is 3. The molecular formula is C15H13BrN2O4S. The Morgan fingerprint density at radius 1 is 1.22 bits per heavy atom. The number of imide groups is 1. The largest absolute Gasteiger partial charge is 0.351 e. The smallest absolute Gasteiger partial charge is 0.288 e. The summed E-state index contributed by atoms with van der Waals surface area (Å²) in [5.41, 5.74) is 0.475. The van der Waals surface area contributed by atoms with E-state index in [1.807, 2.05) is 0 Å². The molecule has 8 heteroatoms. The maximum atomic E-state index is 11.8. The number of benzene rings is 1. The monoisotopic (exact) mass is 396 g/mol. The summed E-state index contributed by atoms with van der Waals surface area (Å²) in [6.45, 7) is 0.276. The van der Waals surface area contributed by atoms with Gasteiger partial charge in [-0.05, 0) is 30.3 Å². The fourth-order valence-corrected chi connectivity index (χ4v) is 2.82.